The Labute approximate surface area is 290 Å². The monoisotopic (exact) mass is 704 g/mol. The maximum atomic E-state index is 16.7. The first-order valence-electron chi connectivity index (χ1n) is 16.9. The lowest BCUT2D eigenvalue weighted by atomic mass is 9.91. The summed E-state index contributed by atoms with van der Waals surface area (Å²) >= 11 is 1.29. The summed E-state index contributed by atoms with van der Waals surface area (Å²) in [6.07, 6.45) is 0.540. The molecular weight excluding hydrogens is 662 g/mol. The van der Waals surface area contributed by atoms with Gasteiger partial charge in [-0.3, -0.25) is 4.90 Å². The van der Waals surface area contributed by atoms with E-state index in [9.17, 15) is 4.39 Å². The summed E-state index contributed by atoms with van der Waals surface area (Å²) in [5.74, 6) is -3.19. The second-order valence-electron chi connectivity index (χ2n) is 14.4. The zero-order valence-electron chi connectivity index (χ0n) is 28.3. The summed E-state index contributed by atoms with van der Waals surface area (Å²) < 4.78 is 60.4. The lowest BCUT2D eigenvalue weighted by Gasteiger charge is -2.45. The summed E-state index contributed by atoms with van der Waals surface area (Å²) in [5.41, 5.74) is 2.96. The molecule has 11 heteroatoms. The number of aromatic nitrogens is 2. The molecule has 3 aromatic carbocycles. The van der Waals surface area contributed by atoms with E-state index < -0.39 is 50.7 Å². The molecule has 0 spiro atoms. The van der Waals surface area contributed by atoms with Gasteiger partial charge in [0.05, 0.1) is 24.1 Å². The van der Waals surface area contributed by atoms with Crippen LogP contribution in [-0.4, -0.2) is 73.7 Å². The Hall–Kier alpha value is -3.48. The average molecular weight is 705 g/mol. The molecule has 0 saturated carbocycles. The van der Waals surface area contributed by atoms with Crippen LogP contribution in [0.1, 0.15) is 49.9 Å². The van der Waals surface area contributed by atoms with Crippen molar-refractivity contribution in [1.29, 1.82) is 0 Å². The summed E-state index contributed by atoms with van der Waals surface area (Å²) in [4.78, 5) is 10.7. The van der Waals surface area contributed by atoms with Crippen molar-refractivity contribution in [3.05, 3.63) is 107 Å². The highest BCUT2D eigenvalue weighted by Crippen LogP contribution is 2.45. The minimum Gasteiger partial charge on any atom is -0.462 e. The van der Waals surface area contributed by atoms with E-state index in [1.54, 1.807) is 6.20 Å². The smallest absolute Gasteiger partial charge is 0.282 e. The number of thiazole rings is 1. The lowest BCUT2D eigenvalue weighted by Crippen LogP contribution is -2.67. The molecule has 2 aliphatic heterocycles. The summed E-state index contributed by atoms with van der Waals surface area (Å²) in [7, 11) is -3.19. The first-order valence-corrected chi connectivity index (χ1v) is 19.6. The summed E-state index contributed by atoms with van der Waals surface area (Å²) in [5, 5.41) is 5.92. The molecule has 0 amide bonds. The van der Waals surface area contributed by atoms with E-state index >= 15 is 8.78 Å². The predicted octanol–water partition coefficient (Wildman–Crippen LogP) is 6.86. The van der Waals surface area contributed by atoms with E-state index in [0.717, 1.165) is 37.4 Å². The SMILES string of the molecule is C[C@@H]1Cc2c([nH]c3ccccc23)[C@@H](c2cnc(O[C@H]3CNC[C@@H]3F)s2)N1CC(F)(F)CO[Si](c1ccccc1)(c1ccccc1)C(C)(C)C. The second kappa shape index (κ2) is 13.3. The average Bonchev–Trinajstić information content (AvgIpc) is 3.81. The number of nitrogens with zero attached hydrogens (tertiary/aromatic N) is 2. The van der Waals surface area contributed by atoms with Crippen LogP contribution in [0.3, 0.4) is 0 Å². The fourth-order valence-electron chi connectivity index (χ4n) is 7.67. The number of hydrogen-bond acceptors (Lipinski definition) is 6. The van der Waals surface area contributed by atoms with Gasteiger partial charge in [-0.25, -0.2) is 18.2 Å². The van der Waals surface area contributed by atoms with E-state index in [1.807, 2.05) is 90.7 Å². The van der Waals surface area contributed by atoms with Crippen LogP contribution in [0, 0.1) is 0 Å². The normalized spacial score (nSPS) is 22.0. The highest BCUT2D eigenvalue weighted by Gasteiger charge is 2.52. The van der Waals surface area contributed by atoms with Crippen molar-refractivity contribution in [2.24, 2.45) is 0 Å². The molecule has 4 heterocycles. The number of halogens is 3. The molecule has 7 rings (SSSR count). The topological polar surface area (TPSA) is 62.4 Å². The predicted molar refractivity (Wildman–Crippen MR) is 193 cm³/mol. The van der Waals surface area contributed by atoms with E-state index in [0.29, 0.717) is 18.2 Å². The third kappa shape index (κ3) is 6.47. The standard InChI is InChI=1S/C38H43F3N4O2SSi/c1-25-19-29-28-17-11-12-18-31(28)44-34(29)35(33-22-43-36(48-33)47-32-21-42-20-30(32)39)45(25)23-38(40,41)24-46-49(37(2,3)4,26-13-7-5-8-14-26)27-15-9-6-10-16-27/h5-18,22,25,30,32,35,42,44H,19-21,23-24H2,1-4H3/t25-,30+,32+,35-/m1/s1. The maximum absolute atomic E-state index is 16.7. The summed E-state index contributed by atoms with van der Waals surface area (Å²) in [6.45, 7) is 7.67. The molecule has 1 saturated heterocycles. The Kier molecular flexibility index (Phi) is 9.25. The van der Waals surface area contributed by atoms with Gasteiger partial charge in [0.2, 0.25) is 0 Å². The van der Waals surface area contributed by atoms with Gasteiger partial charge >= 0.3 is 0 Å². The molecule has 5 aromatic rings. The van der Waals surface area contributed by atoms with Gasteiger partial charge in [0.1, 0.15) is 6.10 Å². The molecule has 0 bridgehead atoms. The van der Waals surface area contributed by atoms with Gasteiger partial charge in [-0.1, -0.05) is 111 Å². The molecule has 2 N–H and O–H groups in total. The van der Waals surface area contributed by atoms with Gasteiger partial charge in [-0.05, 0) is 40.4 Å². The number of fused-ring (bicyclic) bond motifs is 3. The molecular formula is C38H43F3N4O2SSi. The van der Waals surface area contributed by atoms with Gasteiger partial charge in [0, 0.05) is 41.9 Å². The van der Waals surface area contributed by atoms with E-state index in [2.05, 4.69) is 42.1 Å². The van der Waals surface area contributed by atoms with Gasteiger partial charge in [-0.2, -0.15) is 0 Å². The summed E-state index contributed by atoms with van der Waals surface area (Å²) in [6, 6.07) is 27.1. The number of ether oxygens (including phenoxy) is 1. The Morgan fingerprint density at radius 3 is 2.22 bits per heavy atom. The first kappa shape index (κ1) is 34.0. The molecule has 258 valence electrons. The lowest BCUT2D eigenvalue weighted by molar-refractivity contribution is -0.0818. The number of nitrogens with one attached hydrogen (secondary N) is 2. The van der Waals surface area contributed by atoms with Crippen LogP contribution in [0.2, 0.25) is 5.04 Å². The number of hydrogen-bond donors (Lipinski definition) is 2. The Morgan fingerprint density at radius 2 is 1.59 bits per heavy atom. The number of rotatable bonds is 10. The first-order chi connectivity index (χ1) is 23.5. The van der Waals surface area contributed by atoms with Crippen LogP contribution in [0.5, 0.6) is 5.19 Å². The minimum atomic E-state index is -3.19. The number of benzene rings is 3. The van der Waals surface area contributed by atoms with Crippen molar-refractivity contribution in [1.82, 2.24) is 20.2 Å². The third-order valence-electron chi connectivity index (χ3n) is 9.96. The van der Waals surface area contributed by atoms with Crippen molar-refractivity contribution in [3.63, 3.8) is 0 Å². The Balaban J connectivity index is 1.23. The number of aromatic amines is 1. The van der Waals surface area contributed by atoms with Gasteiger partial charge < -0.3 is 19.5 Å². The molecule has 1 fully saturated rings. The van der Waals surface area contributed by atoms with Crippen molar-refractivity contribution >= 4 is 40.9 Å². The van der Waals surface area contributed by atoms with Crippen molar-refractivity contribution in [3.8, 4) is 5.19 Å². The molecule has 2 aliphatic rings. The van der Waals surface area contributed by atoms with E-state index in [4.69, 9.17) is 9.16 Å². The highest BCUT2D eigenvalue weighted by molar-refractivity contribution is 7.13. The second-order valence-corrected chi connectivity index (χ2v) is 19.7. The fourth-order valence-corrected chi connectivity index (χ4v) is 13.2. The quantitative estimate of drug-likeness (QED) is 0.156. The third-order valence-corrected chi connectivity index (χ3v) is 15.9. The molecule has 6 nitrogen and oxygen atoms in total. The molecule has 2 aromatic heterocycles. The van der Waals surface area contributed by atoms with Crippen LogP contribution < -0.4 is 20.4 Å². The molecule has 0 radical (unpaired) electrons. The minimum absolute atomic E-state index is 0.212. The molecule has 49 heavy (non-hydrogen) atoms. The van der Waals surface area contributed by atoms with Crippen molar-refractivity contribution < 1.29 is 22.3 Å². The van der Waals surface area contributed by atoms with Crippen LogP contribution in [-0.2, 0) is 10.8 Å². The zero-order chi connectivity index (χ0) is 34.4. The van der Waals surface area contributed by atoms with Crippen LogP contribution in [0.15, 0.2) is 91.1 Å². The van der Waals surface area contributed by atoms with Crippen molar-refractivity contribution in [2.75, 3.05) is 26.2 Å². The van der Waals surface area contributed by atoms with Crippen LogP contribution in [0.4, 0.5) is 13.2 Å². The fraction of sp³-hybridized carbons (Fsp3) is 0.395. The molecule has 0 aliphatic carbocycles. The van der Waals surface area contributed by atoms with Gasteiger partial charge in [-0.15, -0.1) is 0 Å². The number of para-hydroxylation sites is 1. The van der Waals surface area contributed by atoms with Crippen LogP contribution >= 0.6 is 11.3 Å². The van der Waals surface area contributed by atoms with Crippen molar-refractivity contribution in [2.45, 2.75) is 69.4 Å². The van der Waals surface area contributed by atoms with Crippen LogP contribution in [0.25, 0.3) is 10.9 Å². The highest BCUT2D eigenvalue weighted by atomic mass is 32.1. The van der Waals surface area contributed by atoms with E-state index in [-0.39, 0.29) is 12.6 Å². The number of H-pyrrole nitrogens is 1. The number of alkyl halides is 3. The zero-order valence-corrected chi connectivity index (χ0v) is 30.1. The molecule has 0 unspecified atom stereocenters. The van der Waals surface area contributed by atoms with E-state index in [1.165, 1.54) is 11.3 Å². The van der Waals surface area contributed by atoms with Gasteiger partial charge in [0.15, 0.2) is 6.17 Å². The Morgan fingerprint density at radius 1 is 0.939 bits per heavy atom. The largest absolute Gasteiger partial charge is 0.462 e. The van der Waals surface area contributed by atoms with Gasteiger partial charge in [0.25, 0.3) is 19.4 Å². The molecule has 4 atom stereocenters. The Bertz CT molecular complexity index is 1840. The maximum Gasteiger partial charge on any atom is 0.282 e.